The first-order valence-electron chi connectivity index (χ1n) is 3.66. The summed E-state index contributed by atoms with van der Waals surface area (Å²) in [6.45, 7) is 0. The second kappa shape index (κ2) is 3.33. The molecule has 2 unspecified atom stereocenters. The predicted octanol–water partition coefficient (Wildman–Crippen LogP) is 1.12. The zero-order valence-corrected chi connectivity index (χ0v) is 7.81. The minimum Gasteiger partial charge on any atom is -0.285 e. The van der Waals surface area contributed by atoms with Gasteiger partial charge in [0.05, 0.1) is 5.25 Å². The molecule has 1 aliphatic rings. The number of thiol groups is 1. The second-order valence-electron chi connectivity index (χ2n) is 2.91. The Kier molecular flexibility index (Phi) is 2.83. The summed E-state index contributed by atoms with van der Waals surface area (Å²) in [5.41, 5.74) is 0. The van der Waals surface area contributed by atoms with Crippen LogP contribution < -0.4 is 0 Å². The first kappa shape index (κ1) is 9.35. The SMILES string of the molecule is O=S(=O)(O)C1CCCCC1S. The van der Waals surface area contributed by atoms with Gasteiger partial charge in [0, 0.05) is 5.25 Å². The minimum atomic E-state index is -3.85. The quantitative estimate of drug-likeness (QED) is 0.488. The maximum Gasteiger partial charge on any atom is 0.268 e. The molecule has 0 spiro atoms. The highest BCUT2D eigenvalue weighted by atomic mass is 32.2. The number of hydrogen-bond donors (Lipinski definition) is 2. The van der Waals surface area contributed by atoms with Crippen molar-refractivity contribution in [2.24, 2.45) is 0 Å². The Labute approximate surface area is 72.3 Å². The van der Waals surface area contributed by atoms with Crippen molar-refractivity contribution >= 4 is 22.7 Å². The maximum atomic E-state index is 10.7. The fourth-order valence-corrected chi connectivity index (χ4v) is 3.22. The Balaban J connectivity index is 2.70. The van der Waals surface area contributed by atoms with E-state index in [-0.39, 0.29) is 5.25 Å². The molecule has 0 heterocycles. The zero-order valence-electron chi connectivity index (χ0n) is 6.10. The van der Waals surface area contributed by atoms with Gasteiger partial charge in [0.1, 0.15) is 0 Å². The third kappa shape index (κ3) is 2.35. The summed E-state index contributed by atoms with van der Waals surface area (Å²) in [4.78, 5) is 0. The summed E-state index contributed by atoms with van der Waals surface area (Å²) < 4.78 is 30.1. The molecule has 0 saturated heterocycles. The Morgan fingerprint density at radius 1 is 1.27 bits per heavy atom. The van der Waals surface area contributed by atoms with Crippen molar-refractivity contribution in [3.05, 3.63) is 0 Å². The van der Waals surface area contributed by atoms with Crippen molar-refractivity contribution in [1.29, 1.82) is 0 Å². The van der Waals surface area contributed by atoms with Crippen LogP contribution in [-0.4, -0.2) is 23.5 Å². The van der Waals surface area contributed by atoms with Gasteiger partial charge in [-0.25, -0.2) is 0 Å². The average molecular weight is 196 g/mol. The molecule has 3 nitrogen and oxygen atoms in total. The van der Waals surface area contributed by atoms with Gasteiger partial charge in [0.2, 0.25) is 0 Å². The van der Waals surface area contributed by atoms with E-state index >= 15 is 0 Å². The maximum absolute atomic E-state index is 10.7. The van der Waals surface area contributed by atoms with Crippen LogP contribution in [0.4, 0.5) is 0 Å². The average Bonchev–Trinajstić information content (AvgIpc) is 1.86. The smallest absolute Gasteiger partial charge is 0.268 e. The van der Waals surface area contributed by atoms with Crippen LogP contribution in [0.2, 0.25) is 0 Å². The van der Waals surface area contributed by atoms with Crippen molar-refractivity contribution in [2.75, 3.05) is 0 Å². The number of hydrogen-bond acceptors (Lipinski definition) is 3. The summed E-state index contributed by atoms with van der Waals surface area (Å²) in [5, 5.41) is -0.821. The van der Waals surface area contributed by atoms with E-state index in [0.29, 0.717) is 6.42 Å². The highest BCUT2D eigenvalue weighted by Gasteiger charge is 2.31. The van der Waals surface area contributed by atoms with Crippen LogP contribution in [0.25, 0.3) is 0 Å². The minimum absolute atomic E-state index is 0.182. The zero-order chi connectivity index (χ0) is 8.48. The van der Waals surface area contributed by atoms with E-state index in [0.717, 1.165) is 19.3 Å². The topological polar surface area (TPSA) is 54.4 Å². The lowest BCUT2D eigenvalue weighted by Gasteiger charge is -2.24. The van der Waals surface area contributed by atoms with Gasteiger partial charge in [-0.05, 0) is 12.8 Å². The Bertz CT molecular complexity index is 222. The molecule has 11 heavy (non-hydrogen) atoms. The van der Waals surface area contributed by atoms with Crippen molar-refractivity contribution in [2.45, 2.75) is 36.2 Å². The van der Waals surface area contributed by atoms with Crippen LogP contribution in [-0.2, 0) is 10.1 Å². The molecule has 0 radical (unpaired) electrons. The molecule has 0 aromatic rings. The first-order valence-corrected chi connectivity index (χ1v) is 5.68. The second-order valence-corrected chi connectivity index (χ2v) is 5.20. The molecular weight excluding hydrogens is 184 g/mol. The molecule has 1 N–H and O–H groups in total. The van der Waals surface area contributed by atoms with E-state index in [1.54, 1.807) is 0 Å². The van der Waals surface area contributed by atoms with Crippen LogP contribution in [0.1, 0.15) is 25.7 Å². The number of rotatable bonds is 1. The lowest BCUT2D eigenvalue weighted by atomic mass is 10.00. The molecule has 1 rings (SSSR count). The molecule has 0 aliphatic heterocycles. The monoisotopic (exact) mass is 196 g/mol. The van der Waals surface area contributed by atoms with Gasteiger partial charge in [0.25, 0.3) is 10.1 Å². The molecule has 0 aromatic heterocycles. The highest BCUT2D eigenvalue weighted by Crippen LogP contribution is 2.27. The molecule has 1 fully saturated rings. The van der Waals surface area contributed by atoms with Crippen LogP contribution >= 0.6 is 12.6 Å². The Morgan fingerprint density at radius 2 is 1.82 bits per heavy atom. The lowest BCUT2D eigenvalue weighted by molar-refractivity contribution is 0.431. The van der Waals surface area contributed by atoms with Crippen molar-refractivity contribution in [3.63, 3.8) is 0 Å². The van der Waals surface area contributed by atoms with Crippen LogP contribution in [0, 0.1) is 0 Å². The Hall–Kier alpha value is 0.260. The van der Waals surface area contributed by atoms with Gasteiger partial charge >= 0.3 is 0 Å². The summed E-state index contributed by atoms with van der Waals surface area (Å²) in [5.74, 6) is 0. The van der Waals surface area contributed by atoms with E-state index < -0.39 is 15.4 Å². The van der Waals surface area contributed by atoms with Crippen molar-refractivity contribution in [3.8, 4) is 0 Å². The van der Waals surface area contributed by atoms with Gasteiger partial charge in [-0.15, -0.1) is 0 Å². The van der Waals surface area contributed by atoms with Crippen LogP contribution in [0.5, 0.6) is 0 Å². The van der Waals surface area contributed by atoms with Gasteiger partial charge in [0.15, 0.2) is 0 Å². The molecule has 1 saturated carbocycles. The van der Waals surface area contributed by atoms with Crippen molar-refractivity contribution < 1.29 is 13.0 Å². The summed E-state index contributed by atoms with van der Waals surface area (Å²) in [6, 6.07) is 0. The third-order valence-corrected chi connectivity index (χ3v) is 4.20. The van der Waals surface area contributed by atoms with E-state index in [2.05, 4.69) is 12.6 Å². The van der Waals surface area contributed by atoms with Crippen molar-refractivity contribution in [1.82, 2.24) is 0 Å². The Morgan fingerprint density at radius 3 is 2.18 bits per heavy atom. The van der Waals surface area contributed by atoms with E-state index in [4.69, 9.17) is 4.55 Å². The molecule has 0 bridgehead atoms. The standard InChI is InChI=1S/C6H12O3S2/c7-11(8,9)6-4-2-1-3-5(6)10/h5-6,10H,1-4H2,(H,7,8,9). The van der Waals surface area contributed by atoms with Gasteiger partial charge in [-0.2, -0.15) is 21.0 Å². The predicted molar refractivity (Wildman–Crippen MR) is 46.6 cm³/mol. The fraction of sp³-hybridized carbons (Fsp3) is 1.00. The first-order chi connectivity index (χ1) is 5.02. The van der Waals surface area contributed by atoms with Gasteiger partial charge in [-0.1, -0.05) is 12.8 Å². The van der Waals surface area contributed by atoms with Gasteiger partial charge in [-0.3, -0.25) is 4.55 Å². The molecule has 5 heteroatoms. The lowest BCUT2D eigenvalue weighted by Crippen LogP contribution is -2.33. The summed E-state index contributed by atoms with van der Waals surface area (Å²) in [7, 11) is -3.85. The highest BCUT2D eigenvalue weighted by molar-refractivity contribution is 7.88. The largest absolute Gasteiger partial charge is 0.285 e. The fourth-order valence-electron chi connectivity index (χ4n) is 1.42. The summed E-state index contributed by atoms with van der Waals surface area (Å²) in [6.07, 6.45) is 3.22. The third-order valence-electron chi connectivity index (χ3n) is 2.05. The van der Waals surface area contributed by atoms with Crippen LogP contribution in [0.15, 0.2) is 0 Å². The van der Waals surface area contributed by atoms with Crippen LogP contribution in [0.3, 0.4) is 0 Å². The van der Waals surface area contributed by atoms with E-state index in [9.17, 15) is 8.42 Å². The molecule has 66 valence electrons. The molecule has 2 atom stereocenters. The van der Waals surface area contributed by atoms with E-state index in [1.165, 1.54) is 0 Å². The van der Waals surface area contributed by atoms with E-state index in [1.807, 2.05) is 0 Å². The molecule has 1 aliphatic carbocycles. The normalized spacial score (nSPS) is 33.6. The van der Waals surface area contributed by atoms with Gasteiger partial charge < -0.3 is 0 Å². The summed E-state index contributed by atoms with van der Waals surface area (Å²) >= 11 is 4.11. The molecular formula is C6H12O3S2. The molecule has 0 aromatic carbocycles. The molecule has 0 amide bonds.